The lowest BCUT2D eigenvalue weighted by atomic mass is 9.94. The minimum absolute atomic E-state index is 0.0385. The molecule has 0 spiro atoms. The highest BCUT2D eigenvalue weighted by molar-refractivity contribution is 6.16. The van der Waals surface area contributed by atoms with Crippen LogP contribution in [0.15, 0.2) is 53.8 Å². The van der Waals surface area contributed by atoms with Gasteiger partial charge in [0.2, 0.25) is 0 Å². The van der Waals surface area contributed by atoms with Crippen molar-refractivity contribution < 1.29 is 24.5 Å². The number of anilines is 2. The van der Waals surface area contributed by atoms with Gasteiger partial charge in [0, 0.05) is 31.9 Å². The van der Waals surface area contributed by atoms with Crippen LogP contribution in [-0.2, 0) is 9.59 Å². The Kier molecular flexibility index (Phi) is 6.01. The van der Waals surface area contributed by atoms with Crippen molar-refractivity contribution in [2.75, 3.05) is 30.5 Å². The van der Waals surface area contributed by atoms with Gasteiger partial charge in [-0.05, 0) is 48.9 Å². The first-order valence-electron chi connectivity index (χ1n) is 9.83. The van der Waals surface area contributed by atoms with E-state index in [9.17, 15) is 19.8 Å². The summed E-state index contributed by atoms with van der Waals surface area (Å²) in [4.78, 5) is 29.0. The minimum atomic E-state index is -0.824. The first-order valence-corrected chi connectivity index (χ1v) is 9.83. The minimum Gasteiger partial charge on any atom is -0.504 e. The topological polar surface area (TPSA) is 90.3 Å². The van der Waals surface area contributed by atoms with Crippen molar-refractivity contribution in [1.29, 1.82) is 0 Å². The normalized spacial score (nSPS) is 16.2. The molecule has 2 aromatic rings. The second kappa shape index (κ2) is 8.49. The number of aliphatic hydroxyl groups excluding tert-OH is 1. The average Bonchev–Trinajstić information content (AvgIpc) is 3.00. The van der Waals surface area contributed by atoms with Crippen molar-refractivity contribution in [2.45, 2.75) is 26.3 Å². The smallest absolute Gasteiger partial charge is 0.294 e. The van der Waals surface area contributed by atoms with Crippen LogP contribution in [0.5, 0.6) is 11.5 Å². The van der Waals surface area contributed by atoms with Crippen LogP contribution in [0, 0.1) is 0 Å². The average molecular weight is 410 g/mol. The largest absolute Gasteiger partial charge is 0.504 e. The highest BCUT2D eigenvalue weighted by atomic mass is 16.5. The molecule has 0 aromatic heterocycles. The van der Waals surface area contributed by atoms with Crippen LogP contribution in [-0.4, -0.2) is 42.6 Å². The van der Waals surface area contributed by atoms with E-state index in [2.05, 4.69) is 0 Å². The van der Waals surface area contributed by atoms with Gasteiger partial charge < -0.3 is 19.8 Å². The fraction of sp³-hybridized carbons (Fsp3) is 0.304. The molecule has 1 amide bonds. The van der Waals surface area contributed by atoms with Gasteiger partial charge >= 0.3 is 0 Å². The SMILES string of the molecule is CCOc1cc(C2C(C(=O)CC)=C(O)C(=O)N2c2ccc(N(C)C)cc2)ccc1O. The molecular weight excluding hydrogens is 384 g/mol. The molecule has 0 bridgehead atoms. The maximum atomic E-state index is 13.0. The van der Waals surface area contributed by atoms with Gasteiger partial charge in [0.15, 0.2) is 23.0 Å². The Balaban J connectivity index is 2.15. The monoisotopic (exact) mass is 410 g/mol. The second-order valence-electron chi connectivity index (χ2n) is 7.19. The van der Waals surface area contributed by atoms with E-state index in [4.69, 9.17) is 4.74 Å². The lowest BCUT2D eigenvalue weighted by Crippen LogP contribution is -2.31. The number of aliphatic hydroxyl groups is 1. The number of aromatic hydroxyl groups is 1. The van der Waals surface area contributed by atoms with Gasteiger partial charge in [-0.2, -0.15) is 0 Å². The molecule has 0 saturated heterocycles. The summed E-state index contributed by atoms with van der Waals surface area (Å²) in [6.07, 6.45) is 0.146. The van der Waals surface area contributed by atoms with E-state index >= 15 is 0 Å². The van der Waals surface area contributed by atoms with E-state index in [1.54, 1.807) is 38.1 Å². The van der Waals surface area contributed by atoms with Gasteiger partial charge in [-0.25, -0.2) is 0 Å². The Morgan fingerprint density at radius 2 is 1.77 bits per heavy atom. The van der Waals surface area contributed by atoms with Crippen LogP contribution in [0.4, 0.5) is 11.4 Å². The van der Waals surface area contributed by atoms with Crippen molar-refractivity contribution >= 4 is 23.1 Å². The zero-order valence-corrected chi connectivity index (χ0v) is 17.5. The van der Waals surface area contributed by atoms with Crippen molar-refractivity contribution in [2.24, 2.45) is 0 Å². The first-order chi connectivity index (χ1) is 14.3. The number of ether oxygens (including phenoxy) is 1. The van der Waals surface area contributed by atoms with Crippen molar-refractivity contribution in [3.63, 3.8) is 0 Å². The first kappa shape index (κ1) is 21.2. The molecule has 3 rings (SSSR count). The standard InChI is InChI=1S/C23H26N2O5/c1-5-17(26)20-21(14-7-12-18(27)19(13-14)30-6-2)25(23(29)22(20)28)16-10-8-15(9-11-16)24(3)4/h7-13,21,27-28H,5-6H2,1-4H3. The second-order valence-corrected chi connectivity index (χ2v) is 7.19. The van der Waals surface area contributed by atoms with Crippen LogP contribution in [0.25, 0.3) is 0 Å². The molecule has 1 aliphatic rings. The molecule has 30 heavy (non-hydrogen) atoms. The van der Waals surface area contributed by atoms with E-state index < -0.39 is 17.7 Å². The number of phenolic OH excluding ortho intramolecular Hbond substituents is 1. The highest BCUT2D eigenvalue weighted by Crippen LogP contribution is 2.43. The summed E-state index contributed by atoms with van der Waals surface area (Å²) >= 11 is 0. The Morgan fingerprint density at radius 1 is 1.10 bits per heavy atom. The van der Waals surface area contributed by atoms with Crippen molar-refractivity contribution in [1.82, 2.24) is 0 Å². The molecular formula is C23H26N2O5. The van der Waals surface area contributed by atoms with E-state index in [1.807, 2.05) is 31.1 Å². The van der Waals surface area contributed by atoms with Crippen molar-refractivity contribution in [3.05, 3.63) is 59.4 Å². The fourth-order valence-electron chi connectivity index (χ4n) is 3.55. The van der Waals surface area contributed by atoms with Gasteiger partial charge in [-0.15, -0.1) is 0 Å². The zero-order chi connectivity index (χ0) is 22.0. The number of hydrogen-bond acceptors (Lipinski definition) is 6. The molecule has 7 heteroatoms. The summed E-state index contributed by atoms with van der Waals surface area (Å²) in [6, 6.07) is 11.1. The van der Waals surface area contributed by atoms with E-state index in [0.29, 0.717) is 17.9 Å². The predicted molar refractivity (Wildman–Crippen MR) is 115 cm³/mol. The third kappa shape index (κ3) is 3.70. The van der Waals surface area contributed by atoms with E-state index in [0.717, 1.165) is 5.69 Å². The molecule has 2 N–H and O–H groups in total. The lowest BCUT2D eigenvalue weighted by molar-refractivity contribution is -0.118. The van der Waals surface area contributed by atoms with Crippen LogP contribution in [0.2, 0.25) is 0 Å². The molecule has 2 aromatic carbocycles. The Labute approximate surface area is 175 Å². The molecule has 158 valence electrons. The van der Waals surface area contributed by atoms with Crippen LogP contribution < -0.4 is 14.5 Å². The fourth-order valence-corrected chi connectivity index (χ4v) is 3.55. The summed E-state index contributed by atoms with van der Waals surface area (Å²) in [5.41, 5.74) is 2.11. The highest BCUT2D eigenvalue weighted by Gasteiger charge is 2.44. The molecule has 0 radical (unpaired) electrons. The molecule has 1 unspecified atom stereocenters. The summed E-state index contributed by atoms with van der Waals surface area (Å²) < 4.78 is 5.47. The number of phenols is 1. The summed E-state index contributed by atoms with van der Waals surface area (Å²) in [6.45, 7) is 3.82. The molecule has 1 aliphatic heterocycles. The quantitative estimate of drug-likeness (QED) is 0.723. The van der Waals surface area contributed by atoms with Crippen LogP contribution in [0.3, 0.4) is 0 Å². The number of ketones is 1. The maximum absolute atomic E-state index is 13.0. The number of carbonyl (C=O) groups excluding carboxylic acids is 2. The number of nitrogens with zero attached hydrogens (tertiary/aromatic N) is 2. The number of hydrogen-bond donors (Lipinski definition) is 2. The predicted octanol–water partition coefficient (Wildman–Crippen LogP) is 3.74. The Hall–Kier alpha value is -3.48. The number of carbonyl (C=O) groups is 2. The number of rotatable bonds is 7. The Morgan fingerprint density at radius 3 is 2.33 bits per heavy atom. The maximum Gasteiger partial charge on any atom is 0.294 e. The van der Waals surface area contributed by atoms with Gasteiger partial charge in [0.05, 0.1) is 18.2 Å². The molecule has 0 aliphatic carbocycles. The third-order valence-corrected chi connectivity index (χ3v) is 5.07. The number of Topliss-reactive ketones (excluding diaryl/α,β-unsaturated/α-hetero) is 1. The van der Waals surface area contributed by atoms with Gasteiger partial charge in [-0.3, -0.25) is 14.5 Å². The van der Waals surface area contributed by atoms with E-state index in [1.165, 1.54) is 11.0 Å². The van der Waals surface area contributed by atoms with E-state index in [-0.39, 0.29) is 29.3 Å². The third-order valence-electron chi connectivity index (χ3n) is 5.07. The molecule has 0 saturated carbocycles. The summed E-state index contributed by atoms with van der Waals surface area (Å²) in [5.74, 6) is -1.29. The summed E-state index contributed by atoms with van der Waals surface area (Å²) in [7, 11) is 3.83. The van der Waals surface area contributed by atoms with Gasteiger partial charge in [0.25, 0.3) is 5.91 Å². The Bertz CT molecular complexity index is 995. The van der Waals surface area contributed by atoms with Gasteiger partial charge in [0.1, 0.15) is 0 Å². The molecule has 0 fully saturated rings. The van der Waals surface area contributed by atoms with Crippen LogP contribution >= 0.6 is 0 Å². The lowest BCUT2D eigenvalue weighted by Gasteiger charge is -2.27. The van der Waals surface area contributed by atoms with Crippen LogP contribution in [0.1, 0.15) is 31.9 Å². The zero-order valence-electron chi connectivity index (χ0n) is 17.5. The molecule has 1 heterocycles. The number of amides is 1. The van der Waals surface area contributed by atoms with Crippen molar-refractivity contribution in [3.8, 4) is 11.5 Å². The van der Waals surface area contributed by atoms with Gasteiger partial charge in [-0.1, -0.05) is 13.0 Å². The number of benzene rings is 2. The molecule has 1 atom stereocenters. The molecule has 7 nitrogen and oxygen atoms in total. The summed E-state index contributed by atoms with van der Waals surface area (Å²) in [5, 5.41) is 20.6.